The SMILES string of the molecule is CN1C(=O)C(C)(C)C(=O)N(C)c2cc(NC(=O)c3ccc(C(=O)O)cc3)ccc21. The van der Waals surface area contributed by atoms with E-state index in [1.807, 2.05) is 0 Å². The molecule has 29 heavy (non-hydrogen) atoms. The lowest BCUT2D eigenvalue weighted by atomic mass is 9.90. The molecule has 150 valence electrons. The van der Waals surface area contributed by atoms with Gasteiger partial charge in [0.2, 0.25) is 11.8 Å². The molecule has 0 atom stereocenters. The Morgan fingerprint density at radius 2 is 1.38 bits per heavy atom. The molecule has 0 aliphatic carbocycles. The number of rotatable bonds is 3. The fourth-order valence-corrected chi connectivity index (χ4v) is 3.27. The smallest absolute Gasteiger partial charge is 0.335 e. The van der Waals surface area contributed by atoms with Crippen LogP contribution in [0.1, 0.15) is 34.6 Å². The predicted octanol–water partition coefficient (Wildman–Crippen LogP) is 2.60. The van der Waals surface area contributed by atoms with Gasteiger partial charge in [-0.25, -0.2) is 4.79 Å². The number of carboxylic acid groups (broad SMARTS) is 1. The summed E-state index contributed by atoms with van der Waals surface area (Å²) in [4.78, 5) is 51.7. The van der Waals surface area contributed by atoms with E-state index in [4.69, 9.17) is 5.11 Å². The molecule has 1 aliphatic rings. The van der Waals surface area contributed by atoms with Crippen molar-refractivity contribution in [3.63, 3.8) is 0 Å². The van der Waals surface area contributed by atoms with Crippen molar-refractivity contribution in [3.8, 4) is 0 Å². The number of aromatic carboxylic acids is 1. The maximum absolute atomic E-state index is 12.8. The molecule has 8 nitrogen and oxygen atoms in total. The van der Waals surface area contributed by atoms with E-state index in [9.17, 15) is 19.2 Å². The summed E-state index contributed by atoms with van der Waals surface area (Å²) >= 11 is 0. The van der Waals surface area contributed by atoms with Crippen LogP contribution in [0.5, 0.6) is 0 Å². The third-order valence-electron chi connectivity index (χ3n) is 5.03. The lowest BCUT2D eigenvalue weighted by Gasteiger charge is -2.25. The van der Waals surface area contributed by atoms with Gasteiger partial charge >= 0.3 is 5.97 Å². The number of amides is 3. The number of anilines is 3. The van der Waals surface area contributed by atoms with Crippen LogP contribution in [0, 0.1) is 5.41 Å². The van der Waals surface area contributed by atoms with Gasteiger partial charge < -0.3 is 20.2 Å². The lowest BCUT2D eigenvalue weighted by Crippen LogP contribution is -2.46. The van der Waals surface area contributed by atoms with E-state index in [1.165, 1.54) is 34.1 Å². The fourth-order valence-electron chi connectivity index (χ4n) is 3.27. The minimum atomic E-state index is -1.21. The summed E-state index contributed by atoms with van der Waals surface area (Å²) in [6, 6.07) is 10.5. The van der Waals surface area contributed by atoms with Crippen LogP contribution in [0.4, 0.5) is 17.1 Å². The quantitative estimate of drug-likeness (QED) is 0.777. The van der Waals surface area contributed by atoms with Crippen molar-refractivity contribution >= 4 is 40.8 Å². The molecule has 0 saturated carbocycles. The number of carbonyl (C=O) groups is 4. The second-order valence-corrected chi connectivity index (χ2v) is 7.39. The van der Waals surface area contributed by atoms with Gasteiger partial charge in [0, 0.05) is 25.3 Å². The topological polar surface area (TPSA) is 107 Å². The maximum Gasteiger partial charge on any atom is 0.335 e. The molecule has 0 bridgehead atoms. The first-order valence-corrected chi connectivity index (χ1v) is 8.89. The average Bonchev–Trinajstić information content (AvgIpc) is 2.74. The zero-order chi connectivity index (χ0) is 21.5. The average molecular weight is 395 g/mol. The van der Waals surface area contributed by atoms with Crippen molar-refractivity contribution in [2.24, 2.45) is 5.41 Å². The number of carbonyl (C=O) groups excluding carboxylic acids is 3. The van der Waals surface area contributed by atoms with Gasteiger partial charge in [0.15, 0.2) is 0 Å². The van der Waals surface area contributed by atoms with E-state index in [1.54, 1.807) is 46.1 Å². The number of nitrogens with zero attached hydrogens (tertiary/aromatic N) is 2. The van der Waals surface area contributed by atoms with Gasteiger partial charge in [-0.05, 0) is 56.3 Å². The van der Waals surface area contributed by atoms with E-state index in [0.717, 1.165) is 0 Å². The second-order valence-electron chi connectivity index (χ2n) is 7.39. The molecule has 2 aromatic rings. The van der Waals surface area contributed by atoms with Crippen molar-refractivity contribution in [3.05, 3.63) is 53.6 Å². The van der Waals surface area contributed by atoms with Crippen LogP contribution in [0.2, 0.25) is 0 Å². The zero-order valence-corrected chi connectivity index (χ0v) is 16.5. The molecule has 1 aliphatic heterocycles. The molecule has 8 heteroatoms. The van der Waals surface area contributed by atoms with Crippen molar-refractivity contribution < 1.29 is 24.3 Å². The maximum atomic E-state index is 12.8. The molecule has 2 N–H and O–H groups in total. The molecule has 2 aromatic carbocycles. The molecule has 0 saturated heterocycles. The van der Waals surface area contributed by atoms with E-state index in [-0.39, 0.29) is 17.4 Å². The third-order valence-corrected chi connectivity index (χ3v) is 5.03. The molecule has 1 heterocycles. The number of carboxylic acids is 1. The second kappa shape index (κ2) is 7.05. The van der Waals surface area contributed by atoms with Gasteiger partial charge in [0.1, 0.15) is 5.41 Å². The van der Waals surface area contributed by atoms with Gasteiger partial charge in [0.25, 0.3) is 5.91 Å². The summed E-state index contributed by atoms with van der Waals surface area (Å²) in [5.41, 5.74) is 0.662. The van der Waals surface area contributed by atoms with Crippen LogP contribution in [0.25, 0.3) is 0 Å². The third kappa shape index (κ3) is 3.44. The largest absolute Gasteiger partial charge is 0.478 e. The molecule has 0 unspecified atom stereocenters. The molecule has 0 fully saturated rings. The van der Waals surface area contributed by atoms with E-state index < -0.39 is 17.3 Å². The highest BCUT2D eigenvalue weighted by Gasteiger charge is 2.44. The minimum absolute atomic E-state index is 0.0852. The summed E-state index contributed by atoms with van der Waals surface area (Å²) in [7, 11) is 3.20. The van der Waals surface area contributed by atoms with Crippen molar-refractivity contribution in [1.29, 1.82) is 0 Å². The van der Waals surface area contributed by atoms with Crippen LogP contribution < -0.4 is 15.1 Å². The lowest BCUT2D eigenvalue weighted by molar-refractivity contribution is -0.137. The van der Waals surface area contributed by atoms with Crippen molar-refractivity contribution in [2.45, 2.75) is 13.8 Å². The Morgan fingerprint density at radius 1 is 0.862 bits per heavy atom. The van der Waals surface area contributed by atoms with Gasteiger partial charge in [-0.2, -0.15) is 0 Å². The van der Waals surface area contributed by atoms with Crippen molar-refractivity contribution in [1.82, 2.24) is 0 Å². The Bertz CT molecular complexity index is 1030. The standard InChI is InChI=1S/C21H21N3O5/c1-21(2)19(28)23(3)15-10-9-14(11-16(15)24(4)20(21)29)22-17(25)12-5-7-13(8-6-12)18(26)27/h5-11H,1-4H3,(H,22,25)(H,26,27). The highest BCUT2D eigenvalue weighted by Crippen LogP contribution is 2.39. The van der Waals surface area contributed by atoms with Gasteiger partial charge in [0.05, 0.1) is 16.9 Å². The highest BCUT2D eigenvalue weighted by atomic mass is 16.4. The van der Waals surface area contributed by atoms with Crippen molar-refractivity contribution in [2.75, 3.05) is 29.2 Å². The van der Waals surface area contributed by atoms with Crippen LogP contribution in [0.15, 0.2) is 42.5 Å². The van der Waals surface area contributed by atoms with Crippen LogP contribution in [-0.4, -0.2) is 42.9 Å². The Kier molecular flexibility index (Phi) is 4.88. The molecule has 3 amide bonds. The Balaban J connectivity index is 1.92. The monoisotopic (exact) mass is 395 g/mol. The fraction of sp³-hybridized carbons (Fsp3) is 0.238. The molecule has 0 aromatic heterocycles. The Labute approximate surface area is 167 Å². The molecule has 0 spiro atoms. The summed E-state index contributed by atoms with van der Waals surface area (Å²) in [5, 5.41) is 11.7. The van der Waals surface area contributed by atoms with Crippen LogP contribution >= 0.6 is 0 Å². The van der Waals surface area contributed by atoms with E-state index in [0.29, 0.717) is 22.6 Å². The summed E-state index contributed by atoms with van der Waals surface area (Å²) in [5.74, 6) is -2.16. The molecule has 0 radical (unpaired) electrons. The molecular formula is C21H21N3O5. The minimum Gasteiger partial charge on any atom is -0.478 e. The zero-order valence-electron chi connectivity index (χ0n) is 16.5. The number of hydrogen-bond acceptors (Lipinski definition) is 4. The van der Waals surface area contributed by atoms with Gasteiger partial charge in [-0.15, -0.1) is 0 Å². The summed E-state index contributed by atoms with van der Waals surface area (Å²) in [6.07, 6.45) is 0. The highest BCUT2D eigenvalue weighted by molar-refractivity contribution is 6.20. The van der Waals surface area contributed by atoms with Crippen LogP contribution in [-0.2, 0) is 9.59 Å². The number of nitrogens with one attached hydrogen (secondary N) is 1. The molecule has 3 rings (SSSR count). The predicted molar refractivity (Wildman–Crippen MR) is 108 cm³/mol. The summed E-state index contributed by atoms with van der Waals surface area (Å²) < 4.78 is 0. The Morgan fingerprint density at radius 3 is 1.93 bits per heavy atom. The first kappa shape index (κ1) is 20.1. The van der Waals surface area contributed by atoms with E-state index in [2.05, 4.69) is 5.32 Å². The normalized spacial score (nSPS) is 15.6. The van der Waals surface area contributed by atoms with Crippen LogP contribution in [0.3, 0.4) is 0 Å². The number of fused-ring (bicyclic) bond motifs is 1. The first-order chi connectivity index (χ1) is 13.5. The van der Waals surface area contributed by atoms with E-state index >= 15 is 0 Å². The first-order valence-electron chi connectivity index (χ1n) is 8.89. The summed E-state index contributed by atoms with van der Waals surface area (Å²) in [6.45, 7) is 3.17. The molecular weight excluding hydrogens is 374 g/mol. The number of benzene rings is 2. The Hall–Kier alpha value is -3.68. The van der Waals surface area contributed by atoms with Gasteiger partial charge in [-0.1, -0.05) is 0 Å². The number of hydrogen-bond donors (Lipinski definition) is 2. The van der Waals surface area contributed by atoms with Gasteiger partial charge in [-0.3, -0.25) is 14.4 Å².